The second kappa shape index (κ2) is 4.65. The van der Waals surface area contributed by atoms with E-state index in [0.29, 0.717) is 6.04 Å². The van der Waals surface area contributed by atoms with Crippen molar-refractivity contribution < 1.29 is 0 Å². The first-order valence-corrected chi connectivity index (χ1v) is 7.31. The molecule has 1 aromatic carbocycles. The van der Waals surface area contributed by atoms with Crippen molar-refractivity contribution in [2.75, 3.05) is 11.1 Å². The Bertz CT molecular complexity index is 559. The third-order valence-electron chi connectivity index (χ3n) is 3.59. The summed E-state index contributed by atoms with van der Waals surface area (Å²) in [7, 11) is 0. The SMILES string of the molecule is Cc1ccc(N)c(NC2CCCc3sccc32)c1. The van der Waals surface area contributed by atoms with Gasteiger partial charge < -0.3 is 11.1 Å². The van der Waals surface area contributed by atoms with Crippen LogP contribution in [0.1, 0.15) is 34.9 Å². The molecule has 0 amide bonds. The van der Waals surface area contributed by atoms with Crippen molar-refractivity contribution in [1.82, 2.24) is 0 Å². The lowest BCUT2D eigenvalue weighted by Crippen LogP contribution is -2.16. The minimum Gasteiger partial charge on any atom is -0.397 e. The van der Waals surface area contributed by atoms with Crippen LogP contribution in [0.25, 0.3) is 0 Å². The second-order valence-electron chi connectivity index (χ2n) is 4.98. The molecule has 1 aliphatic carbocycles. The number of aryl methyl sites for hydroxylation is 2. The normalized spacial score (nSPS) is 18.4. The molecule has 1 heterocycles. The van der Waals surface area contributed by atoms with E-state index in [1.54, 1.807) is 0 Å². The number of nitrogens with two attached hydrogens (primary N) is 1. The molecule has 0 spiro atoms. The highest BCUT2D eigenvalue weighted by atomic mass is 32.1. The molecule has 0 saturated heterocycles. The Kier molecular flexibility index (Phi) is 3.00. The fourth-order valence-electron chi connectivity index (χ4n) is 2.62. The number of thiophene rings is 1. The lowest BCUT2D eigenvalue weighted by atomic mass is 9.93. The number of nitrogen functional groups attached to an aromatic ring is 1. The van der Waals surface area contributed by atoms with E-state index < -0.39 is 0 Å². The Morgan fingerprint density at radius 1 is 1.33 bits per heavy atom. The predicted molar refractivity (Wildman–Crippen MR) is 79.2 cm³/mol. The predicted octanol–water partition coefficient (Wildman–Crippen LogP) is 4.13. The van der Waals surface area contributed by atoms with E-state index in [9.17, 15) is 0 Å². The van der Waals surface area contributed by atoms with Crippen LogP contribution in [0, 0.1) is 6.92 Å². The summed E-state index contributed by atoms with van der Waals surface area (Å²) in [6, 6.07) is 8.84. The number of benzene rings is 1. The van der Waals surface area contributed by atoms with E-state index in [4.69, 9.17) is 5.73 Å². The Labute approximate surface area is 112 Å². The van der Waals surface area contributed by atoms with Gasteiger partial charge in [0.1, 0.15) is 0 Å². The maximum atomic E-state index is 6.04. The Morgan fingerprint density at radius 2 is 2.22 bits per heavy atom. The lowest BCUT2D eigenvalue weighted by molar-refractivity contribution is 0.609. The van der Waals surface area contributed by atoms with Gasteiger partial charge in [-0.1, -0.05) is 6.07 Å². The van der Waals surface area contributed by atoms with Crippen LogP contribution in [0.4, 0.5) is 11.4 Å². The van der Waals surface area contributed by atoms with Crippen LogP contribution in [0.15, 0.2) is 29.6 Å². The fraction of sp³-hybridized carbons (Fsp3) is 0.333. The van der Waals surface area contributed by atoms with Crippen molar-refractivity contribution in [2.45, 2.75) is 32.2 Å². The first kappa shape index (κ1) is 11.6. The van der Waals surface area contributed by atoms with Crippen molar-refractivity contribution in [3.8, 4) is 0 Å². The van der Waals surface area contributed by atoms with Crippen molar-refractivity contribution in [2.24, 2.45) is 0 Å². The zero-order valence-electron chi connectivity index (χ0n) is 10.6. The van der Waals surface area contributed by atoms with Gasteiger partial charge in [-0.25, -0.2) is 0 Å². The number of hydrogen-bond donors (Lipinski definition) is 2. The molecule has 0 saturated carbocycles. The van der Waals surface area contributed by atoms with E-state index in [2.05, 4.69) is 35.8 Å². The Balaban J connectivity index is 1.88. The number of nitrogens with one attached hydrogen (secondary N) is 1. The molecular formula is C15H18N2S. The monoisotopic (exact) mass is 258 g/mol. The van der Waals surface area contributed by atoms with Gasteiger partial charge in [-0.2, -0.15) is 0 Å². The molecule has 0 fully saturated rings. The molecule has 0 bridgehead atoms. The van der Waals surface area contributed by atoms with Gasteiger partial charge in [-0.05, 0) is 60.9 Å². The molecule has 2 aromatic rings. The van der Waals surface area contributed by atoms with Crippen LogP contribution in [0.5, 0.6) is 0 Å². The molecule has 1 aromatic heterocycles. The first-order valence-electron chi connectivity index (χ1n) is 6.43. The number of rotatable bonds is 2. The molecule has 0 aliphatic heterocycles. The molecular weight excluding hydrogens is 240 g/mol. The summed E-state index contributed by atoms with van der Waals surface area (Å²) in [6.45, 7) is 2.10. The first-order chi connectivity index (χ1) is 8.74. The van der Waals surface area contributed by atoms with Gasteiger partial charge in [0.15, 0.2) is 0 Å². The van der Waals surface area contributed by atoms with Crippen molar-refractivity contribution in [3.05, 3.63) is 45.6 Å². The summed E-state index contributed by atoms with van der Waals surface area (Å²) in [4.78, 5) is 1.53. The van der Waals surface area contributed by atoms with Crippen LogP contribution < -0.4 is 11.1 Å². The Morgan fingerprint density at radius 3 is 3.11 bits per heavy atom. The highest BCUT2D eigenvalue weighted by molar-refractivity contribution is 7.10. The average molecular weight is 258 g/mol. The van der Waals surface area contributed by atoms with Crippen molar-refractivity contribution in [3.63, 3.8) is 0 Å². The lowest BCUT2D eigenvalue weighted by Gasteiger charge is -2.25. The standard InChI is InChI=1S/C15H18N2S/c1-10-5-6-12(16)14(9-10)17-13-3-2-4-15-11(13)7-8-18-15/h5-9,13,17H,2-4,16H2,1H3. The summed E-state index contributed by atoms with van der Waals surface area (Å²) in [6.07, 6.45) is 3.68. The molecule has 94 valence electrons. The summed E-state index contributed by atoms with van der Waals surface area (Å²) >= 11 is 1.88. The van der Waals surface area contributed by atoms with Crippen LogP contribution in [0.2, 0.25) is 0 Å². The molecule has 18 heavy (non-hydrogen) atoms. The van der Waals surface area contributed by atoms with Gasteiger partial charge >= 0.3 is 0 Å². The van der Waals surface area contributed by atoms with Crippen molar-refractivity contribution in [1.29, 1.82) is 0 Å². The molecule has 2 nitrogen and oxygen atoms in total. The highest BCUT2D eigenvalue weighted by Gasteiger charge is 2.21. The smallest absolute Gasteiger partial charge is 0.0581 e. The zero-order chi connectivity index (χ0) is 12.5. The van der Waals surface area contributed by atoms with E-state index in [1.807, 2.05) is 17.4 Å². The van der Waals surface area contributed by atoms with Crippen LogP contribution in [-0.2, 0) is 6.42 Å². The minimum atomic E-state index is 0.420. The minimum absolute atomic E-state index is 0.420. The van der Waals surface area contributed by atoms with Gasteiger partial charge in [0.25, 0.3) is 0 Å². The molecule has 3 N–H and O–H groups in total. The molecule has 0 radical (unpaired) electrons. The van der Waals surface area contributed by atoms with Gasteiger partial charge in [-0.15, -0.1) is 11.3 Å². The number of hydrogen-bond acceptors (Lipinski definition) is 3. The van der Waals surface area contributed by atoms with E-state index >= 15 is 0 Å². The van der Waals surface area contributed by atoms with Crippen molar-refractivity contribution >= 4 is 22.7 Å². The average Bonchev–Trinajstić information content (AvgIpc) is 2.83. The Hall–Kier alpha value is -1.48. The van der Waals surface area contributed by atoms with Gasteiger partial charge in [0, 0.05) is 4.88 Å². The van der Waals surface area contributed by atoms with Crippen LogP contribution in [-0.4, -0.2) is 0 Å². The summed E-state index contributed by atoms with van der Waals surface area (Å²) < 4.78 is 0. The molecule has 3 rings (SSSR count). The van der Waals surface area contributed by atoms with Crippen LogP contribution in [0.3, 0.4) is 0 Å². The van der Waals surface area contributed by atoms with Crippen LogP contribution >= 0.6 is 11.3 Å². The largest absolute Gasteiger partial charge is 0.397 e. The summed E-state index contributed by atoms with van der Waals surface area (Å²) in [5, 5.41) is 5.81. The quantitative estimate of drug-likeness (QED) is 0.795. The second-order valence-corrected chi connectivity index (χ2v) is 5.98. The van der Waals surface area contributed by atoms with E-state index in [1.165, 1.54) is 35.3 Å². The maximum Gasteiger partial charge on any atom is 0.0581 e. The van der Waals surface area contributed by atoms with Gasteiger partial charge in [0.2, 0.25) is 0 Å². The third-order valence-corrected chi connectivity index (χ3v) is 4.59. The molecule has 1 atom stereocenters. The number of fused-ring (bicyclic) bond motifs is 1. The van der Waals surface area contributed by atoms with Gasteiger partial charge in [-0.3, -0.25) is 0 Å². The highest BCUT2D eigenvalue weighted by Crippen LogP contribution is 2.36. The summed E-state index contributed by atoms with van der Waals surface area (Å²) in [5.74, 6) is 0. The van der Waals surface area contributed by atoms with E-state index in [-0.39, 0.29) is 0 Å². The third kappa shape index (κ3) is 2.10. The molecule has 1 aliphatic rings. The molecule has 3 heteroatoms. The topological polar surface area (TPSA) is 38.0 Å². The molecule has 1 unspecified atom stereocenters. The number of anilines is 2. The van der Waals surface area contributed by atoms with E-state index in [0.717, 1.165) is 11.4 Å². The maximum absolute atomic E-state index is 6.04. The van der Waals surface area contributed by atoms with Gasteiger partial charge in [0.05, 0.1) is 17.4 Å². The summed E-state index contributed by atoms with van der Waals surface area (Å²) in [5.41, 5.74) is 10.7. The fourth-order valence-corrected chi connectivity index (χ4v) is 3.61. The zero-order valence-corrected chi connectivity index (χ0v) is 11.4.